The second-order valence-electron chi connectivity index (χ2n) is 7.86. The van der Waals surface area contributed by atoms with E-state index >= 15 is 0 Å². The van der Waals surface area contributed by atoms with Crippen molar-refractivity contribution in [2.75, 3.05) is 0 Å². The lowest BCUT2D eigenvalue weighted by molar-refractivity contribution is 0.131. The Labute approximate surface area is 179 Å². The van der Waals surface area contributed by atoms with Crippen LogP contribution in [0, 0.1) is 13.8 Å². The van der Waals surface area contributed by atoms with Crippen molar-refractivity contribution in [2.45, 2.75) is 19.4 Å². The van der Waals surface area contributed by atoms with Crippen molar-refractivity contribution in [1.82, 2.24) is 0 Å². The first-order valence-corrected chi connectivity index (χ1v) is 10.6. The van der Waals surface area contributed by atoms with Crippen molar-refractivity contribution in [3.05, 3.63) is 117 Å². The van der Waals surface area contributed by atoms with Crippen LogP contribution in [-0.2, 0) is 5.60 Å². The van der Waals surface area contributed by atoms with E-state index < -0.39 is 5.60 Å². The Morgan fingerprint density at radius 1 is 0.621 bits per heavy atom. The van der Waals surface area contributed by atoms with Gasteiger partial charge in [0.1, 0.15) is 5.60 Å². The average Bonchev–Trinajstić information content (AvgIpc) is 2.98. The fourth-order valence-corrected chi connectivity index (χ4v) is 4.82. The Kier molecular flexibility index (Phi) is 4.23. The number of hydrogen-bond donors (Lipinski definition) is 1. The monoisotopic (exact) mass is 440 g/mol. The molecule has 0 saturated heterocycles. The van der Waals surface area contributed by atoms with Crippen molar-refractivity contribution in [1.29, 1.82) is 0 Å². The largest absolute Gasteiger partial charge is 0.376 e. The van der Waals surface area contributed by atoms with Crippen molar-refractivity contribution >= 4 is 15.9 Å². The normalized spacial score (nSPS) is 17.1. The van der Waals surface area contributed by atoms with Crippen molar-refractivity contribution in [3.8, 4) is 22.3 Å². The minimum absolute atomic E-state index is 0.922. The van der Waals surface area contributed by atoms with E-state index in [-0.39, 0.29) is 0 Å². The van der Waals surface area contributed by atoms with Crippen LogP contribution >= 0.6 is 15.9 Å². The minimum atomic E-state index is -1.21. The van der Waals surface area contributed by atoms with Gasteiger partial charge >= 0.3 is 0 Å². The molecule has 0 aliphatic heterocycles. The van der Waals surface area contributed by atoms with Crippen LogP contribution in [0.2, 0.25) is 0 Å². The fraction of sp³-hybridized carbons (Fsp3) is 0.111. The molecule has 4 aromatic carbocycles. The Hall–Kier alpha value is -2.68. The van der Waals surface area contributed by atoms with E-state index in [0.717, 1.165) is 49.0 Å². The van der Waals surface area contributed by atoms with Gasteiger partial charge in [-0.25, -0.2) is 0 Å². The summed E-state index contributed by atoms with van der Waals surface area (Å²) in [7, 11) is 0. The van der Waals surface area contributed by atoms with E-state index in [4.69, 9.17) is 0 Å². The number of rotatable bonds is 2. The van der Waals surface area contributed by atoms with Crippen molar-refractivity contribution < 1.29 is 5.11 Å². The van der Waals surface area contributed by atoms with Crippen molar-refractivity contribution in [2.24, 2.45) is 0 Å². The molecule has 1 aliphatic rings. The first-order chi connectivity index (χ1) is 14.0. The molecular formula is C27H21BrO. The molecule has 5 rings (SSSR count). The van der Waals surface area contributed by atoms with Gasteiger partial charge < -0.3 is 5.11 Å². The summed E-state index contributed by atoms with van der Waals surface area (Å²) in [6.45, 7) is 4.17. The Morgan fingerprint density at radius 2 is 1.24 bits per heavy atom. The molecule has 2 heteroatoms. The van der Waals surface area contributed by atoms with Gasteiger partial charge in [0.2, 0.25) is 0 Å². The molecule has 1 aliphatic carbocycles. The number of aliphatic hydroxyl groups is 1. The molecule has 0 aromatic heterocycles. The molecule has 0 radical (unpaired) electrons. The van der Waals surface area contributed by atoms with Crippen LogP contribution in [-0.4, -0.2) is 5.11 Å². The number of fused-ring (bicyclic) bond motifs is 3. The number of halogens is 1. The Bertz CT molecular complexity index is 1240. The third-order valence-electron chi connectivity index (χ3n) is 5.91. The summed E-state index contributed by atoms with van der Waals surface area (Å²) in [5, 5.41) is 12.4. The highest BCUT2D eigenvalue weighted by Crippen LogP contribution is 2.53. The maximum absolute atomic E-state index is 12.4. The summed E-state index contributed by atoms with van der Waals surface area (Å²) < 4.78 is 0.965. The lowest BCUT2D eigenvalue weighted by atomic mass is 9.79. The van der Waals surface area contributed by atoms with Gasteiger partial charge in [-0.05, 0) is 48.2 Å². The van der Waals surface area contributed by atoms with Gasteiger partial charge in [0.05, 0.1) is 0 Å². The molecule has 1 unspecified atom stereocenters. The highest BCUT2D eigenvalue weighted by Gasteiger charge is 2.44. The molecule has 29 heavy (non-hydrogen) atoms. The highest BCUT2D eigenvalue weighted by molar-refractivity contribution is 9.10. The summed E-state index contributed by atoms with van der Waals surface area (Å²) in [6.07, 6.45) is 0. The first kappa shape index (κ1) is 18.4. The second kappa shape index (κ2) is 6.69. The zero-order chi connectivity index (χ0) is 20.2. The standard InChI is InChI=1S/C27H21BrO/c1-17-7-10-19(11-8-17)21-13-9-18(2)15-25(21)27(29)24-6-4-3-5-22(24)23-14-12-20(28)16-26(23)27/h3-16,29H,1-2H3. The number of benzene rings is 4. The third-order valence-corrected chi connectivity index (χ3v) is 6.40. The maximum Gasteiger partial charge on any atom is 0.142 e. The molecule has 1 nitrogen and oxygen atoms in total. The van der Waals surface area contributed by atoms with Crippen LogP contribution in [0.1, 0.15) is 27.8 Å². The van der Waals surface area contributed by atoms with Crippen LogP contribution in [0.4, 0.5) is 0 Å². The average molecular weight is 441 g/mol. The molecular weight excluding hydrogens is 420 g/mol. The second-order valence-corrected chi connectivity index (χ2v) is 8.78. The smallest absolute Gasteiger partial charge is 0.142 e. The molecule has 142 valence electrons. The molecule has 0 saturated carbocycles. The number of hydrogen-bond acceptors (Lipinski definition) is 1. The van der Waals surface area contributed by atoms with E-state index in [1.807, 2.05) is 24.3 Å². The molecule has 0 amide bonds. The maximum atomic E-state index is 12.4. The summed E-state index contributed by atoms with van der Waals surface area (Å²) >= 11 is 3.61. The minimum Gasteiger partial charge on any atom is -0.376 e. The van der Waals surface area contributed by atoms with Gasteiger partial charge in [-0.3, -0.25) is 0 Å². The quantitative estimate of drug-likeness (QED) is 0.355. The van der Waals surface area contributed by atoms with Crippen molar-refractivity contribution in [3.63, 3.8) is 0 Å². The lowest BCUT2D eigenvalue weighted by Crippen LogP contribution is -2.27. The van der Waals surface area contributed by atoms with E-state index in [0.29, 0.717) is 0 Å². The zero-order valence-corrected chi connectivity index (χ0v) is 18.0. The molecule has 0 bridgehead atoms. The Morgan fingerprint density at radius 3 is 2.03 bits per heavy atom. The summed E-state index contributed by atoms with van der Waals surface area (Å²) in [5.41, 5.74) is 8.27. The highest BCUT2D eigenvalue weighted by atomic mass is 79.9. The van der Waals surface area contributed by atoms with Gasteiger partial charge in [-0.1, -0.05) is 99.9 Å². The first-order valence-electron chi connectivity index (χ1n) is 9.79. The molecule has 1 N–H and O–H groups in total. The Balaban J connectivity index is 1.86. The molecule has 0 spiro atoms. The summed E-state index contributed by atoms with van der Waals surface area (Å²) in [4.78, 5) is 0. The van der Waals surface area contributed by atoms with Gasteiger partial charge in [0, 0.05) is 21.2 Å². The van der Waals surface area contributed by atoms with E-state index in [2.05, 4.69) is 90.4 Å². The van der Waals surface area contributed by atoms with Crippen LogP contribution in [0.3, 0.4) is 0 Å². The molecule has 0 fully saturated rings. The van der Waals surface area contributed by atoms with Gasteiger partial charge in [-0.15, -0.1) is 0 Å². The summed E-state index contributed by atoms with van der Waals surface area (Å²) in [6, 6.07) is 29.3. The van der Waals surface area contributed by atoms with Crippen LogP contribution in [0.15, 0.2) is 89.4 Å². The van der Waals surface area contributed by atoms with E-state index in [1.54, 1.807) is 0 Å². The van der Waals surface area contributed by atoms with Gasteiger partial charge in [0.15, 0.2) is 0 Å². The number of aryl methyl sites for hydroxylation is 2. The van der Waals surface area contributed by atoms with E-state index in [1.165, 1.54) is 5.56 Å². The van der Waals surface area contributed by atoms with Gasteiger partial charge in [0.25, 0.3) is 0 Å². The topological polar surface area (TPSA) is 20.2 Å². The lowest BCUT2D eigenvalue weighted by Gasteiger charge is -2.29. The fourth-order valence-electron chi connectivity index (χ4n) is 4.46. The SMILES string of the molecule is Cc1ccc(-c2ccc(C)cc2C2(O)c3ccccc3-c3ccc(Br)cc32)cc1. The molecule has 4 aromatic rings. The zero-order valence-electron chi connectivity index (χ0n) is 16.4. The predicted molar refractivity (Wildman–Crippen MR) is 123 cm³/mol. The van der Waals surface area contributed by atoms with E-state index in [9.17, 15) is 5.11 Å². The van der Waals surface area contributed by atoms with Crippen LogP contribution in [0.5, 0.6) is 0 Å². The third kappa shape index (κ3) is 2.78. The molecule has 1 atom stereocenters. The van der Waals surface area contributed by atoms with Crippen LogP contribution < -0.4 is 0 Å². The molecule has 0 heterocycles. The predicted octanol–water partition coefficient (Wildman–Crippen LogP) is 7.00. The van der Waals surface area contributed by atoms with Gasteiger partial charge in [-0.2, -0.15) is 0 Å². The summed E-state index contributed by atoms with van der Waals surface area (Å²) in [5.74, 6) is 0. The van der Waals surface area contributed by atoms with Crippen LogP contribution in [0.25, 0.3) is 22.3 Å².